The van der Waals surface area contributed by atoms with Crippen molar-refractivity contribution in [2.24, 2.45) is 0 Å². The summed E-state index contributed by atoms with van der Waals surface area (Å²) in [6.07, 6.45) is 3.48. The summed E-state index contributed by atoms with van der Waals surface area (Å²) in [6, 6.07) is 5.69. The van der Waals surface area contributed by atoms with Gasteiger partial charge in [-0.3, -0.25) is 9.48 Å². The van der Waals surface area contributed by atoms with Crippen molar-refractivity contribution in [3.63, 3.8) is 0 Å². The summed E-state index contributed by atoms with van der Waals surface area (Å²) < 4.78 is 30.3. The molecule has 3 rings (SSSR count). The van der Waals surface area contributed by atoms with E-state index in [2.05, 4.69) is 20.1 Å². The number of anilines is 1. The lowest BCUT2D eigenvalue weighted by molar-refractivity contribution is -0.119. The number of aryl methyl sites for hydroxylation is 1. The molecule has 0 fully saturated rings. The molecule has 0 bridgehead atoms. The Balaban J connectivity index is 1.66. The molecule has 1 N–H and O–H groups in total. The highest BCUT2D eigenvalue weighted by Crippen LogP contribution is 2.27. The highest BCUT2D eigenvalue weighted by Gasteiger charge is 2.17. The Morgan fingerprint density at radius 2 is 2.04 bits per heavy atom. The van der Waals surface area contributed by atoms with E-state index in [-0.39, 0.29) is 11.7 Å². The van der Waals surface area contributed by atoms with Gasteiger partial charge in [0.15, 0.2) is 5.13 Å². The van der Waals surface area contributed by atoms with Gasteiger partial charge in [-0.1, -0.05) is 0 Å². The zero-order valence-corrected chi connectivity index (χ0v) is 14.8. The molecule has 0 radical (unpaired) electrons. The van der Waals surface area contributed by atoms with Crippen molar-refractivity contribution in [2.75, 3.05) is 5.32 Å². The van der Waals surface area contributed by atoms with Crippen molar-refractivity contribution in [3.8, 4) is 17.0 Å². The van der Waals surface area contributed by atoms with Gasteiger partial charge in [0, 0.05) is 17.1 Å². The second-order valence-electron chi connectivity index (χ2n) is 5.60. The Hall–Kier alpha value is -2.81. The molecule has 136 valence electrons. The van der Waals surface area contributed by atoms with Gasteiger partial charge < -0.3 is 10.1 Å². The van der Waals surface area contributed by atoms with E-state index in [1.165, 1.54) is 23.5 Å². The molecule has 0 aliphatic heterocycles. The van der Waals surface area contributed by atoms with Gasteiger partial charge in [-0.15, -0.1) is 11.3 Å². The highest BCUT2D eigenvalue weighted by atomic mass is 32.1. The number of benzene rings is 1. The molecule has 0 saturated carbocycles. The number of hydrogen-bond acceptors (Lipinski definition) is 5. The summed E-state index contributed by atoms with van der Waals surface area (Å²) >= 11 is 1.28. The van der Waals surface area contributed by atoms with E-state index in [0.29, 0.717) is 10.8 Å². The Morgan fingerprint density at radius 3 is 2.65 bits per heavy atom. The number of halogens is 2. The van der Waals surface area contributed by atoms with Gasteiger partial charge in [0.25, 0.3) is 5.91 Å². The summed E-state index contributed by atoms with van der Waals surface area (Å²) in [6.45, 7) is 0.791. The Kier molecular flexibility index (Phi) is 5.27. The van der Waals surface area contributed by atoms with Gasteiger partial charge in [0.2, 0.25) is 0 Å². The van der Waals surface area contributed by atoms with Crippen molar-refractivity contribution < 1.29 is 18.3 Å². The minimum Gasteiger partial charge on any atom is -0.435 e. The number of nitrogens with one attached hydrogen (secondary N) is 1. The standard InChI is InChI=1S/C17H16F2N4O2S/c1-10-7-20-23(8-10)11(2)15(24)22-17-21-14(9-26-17)12-3-5-13(6-4-12)25-16(18)19/h3-9,11,16H,1-2H3,(H,21,22,24). The highest BCUT2D eigenvalue weighted by molar-refractivity contribution is 7.14. The first-order chi connectivity index (χ1) is 12.4. The predicted octanol–water partition coefficient (Wildman–Crippen LogP) is 4.12. The van der Waals surface area contributed by atoms with Crippen molar-refractivity contribution in [3.05, 3.63) is 47.6 Å². The van der Waals surface area contributed by atoms with Crippen molar-refractivity contribution >= 4 is 22.4 Å². The van der Waals surface area contributed by atoms with E-state index in [9.17, 15) is 13.6 Å². The quantitative estimate of drug-likeness (QED) is 0.701. The van der Waals surface area contributed by atoms with Crippen LogP contribution in [0.5, 0.6) is 5.75 Å². The number of ether oxygens (including phenoxy) is 1. The SMILES string of the molecule is Cc1cnn(C(C)C(=O)Nc2nc(-c3ccc(OC(F)F)cc3)cs2)c1. The van der Waals surface area contributed by atoms with Crippen LogP contribution in [0.4, 0.5) is 13.9 Å². The largest absolute Gasteiger partial charge is 0.435 e. The number of amides is 1. The van der Waals surface area contributed by atoms with Gasteiger partial charge in [-0.2, -0.15) is 13.9 Å². The first-order valence-corrected chi connectivity index (χ1v) is 8.63. The first-order valence-electron chi connectivity index (χ1n) is 7.75. The van der Waals surface area contributed by atoms with Crippen LogP contribution in [0.15, 0.2) is 42.0 Å². The minimum atomic E-state index is -2.86. The van der Waals surface area contributed by atoms with Crippen LogP contribution in [0.1, 0.15) is 18.5 Å². The molecular formula is C17H16F2N4O2S. The molecule has 0 aliphatic carbocycles. The number of hydrogen-bond donors (Lipinski definition) is 1. The zero-order valence-electron chi connectivity index (χ0n) is 14.0. The van der Waals surface area contributed by atoms with Crippen LogP contribution in [0.2, 0.25) is 0 Å². The summed E-state index contributed by atoms with van der Waals surface area (Å²) in [5.41, 5.74) is 2.34. The summed E-state index contributed by atoms with van der Waals surface area (Å²) in [5.74, 6) is -0.148. The minimum absolute atomic E-state index is 0.0795. The molecule has 1 atom stereocenters. The number of rotatable bonds is 6. The smallest absolute Gasteiger partial charge is 0.387 e. The number of nitrogens with zero attached hydrogens (tertiary/aromatic N) is 3. The fraction of sp³-hybridized carbons (Fsp3) is 0.235. The molecule has 1 aromatic carbocycles. The number of aromatic nitrogens is 3. The molecule has 6 nitrogen and oxygen atoms in total. The fourth-order valence-electron chi connectivity index (χ4n) is 2.25. The third-order valence-electron chi connectivity index (χ3n) is 3.62. The lowest BCUT2D eigenvalue weighted by atomic mass is 10.2. The molecule has 1 unspecified atom stereocenters. The van der Waals surface area contributed by atoms with E-state index in [4.69, 9.17) is 0 Å². The molecular weight excluding hydrogens is 362 g/mol. The summed E-state index contributed by atoms with van der Waals surface area (Å²) in [4.78, 5) is 16.7. The van der Waals surface area contributed by atoms with Gasteiger partial charge in [0.05, 0.1) is 11.9 Å². The Bertz CT molecular complexity index is 892. The van der Waals surface area contributed by atoms with Crippen LogP contribution in [-0.4, -0.2) is 27.3 Å². The molecule has 2 heterocycles. The third-order valence-corrected chi connectivity index (χ3v) is 4.37. The van der Waals surface area contributed by atoms with Crippen LogP contribution in [0, 0.1) is 6.92 Å². The number of thiazole rings is 1. The normalized spacial score (nSPS) is 12.2. The van der Waals surface area contributed by atoms with Crippen molar-refractivity contribution in [1.29, 1.82) is 0 Å². The van der Waals surface area contributed by atoms with Gasteiger partial charge in [0.1, 0.15) is 11.8 Å². The van der Waals surface area contributed by atoms with Crippen molar-refractivity contribution in [2.45, 2.75) is 26.5 Å². The maximum Gasteiger partial charge on any atom is 0.387 e. The molecule has 2 aromatic heterocycles. The van der Waals surface area contributed by atoms with E-state index in [1.807, 2.05) is 6.92 Å². The van der Waals surface area contributed by atoms with Crippen molar-refractivity contribution in [1.82, 2.24) is 14.8 Å². The van der Waals surface area contributed by atoms with E-state index in [0.717, 1.165) is 11.1 Å². The average Bonchev–Trinajstić information content (AvgIpc) is 3.23. The second-order valence-corrected chi connectivity index (χ2v) is 6.46. The summed E-state index contributed by atoms with van der Waals surface area (Å²) in [5, 5.41) is 9.13. The lowest BCUT2D eigenvalue weighted by Crippen LogP contribution is -2.23. The van der Waals surface area contributed by atoms with Crippen LogP contribution in [0.25, 0.3) is 11.3 Å². The number of carbonyl (C=O) groups excluding carboxylic acids is 1. The van der Waals surface area contributed by atoms with Crippen LogP contribution in [-0.2, 0) is 4.79 Å². The van der Waals surface area contributed by atoms with Gasteiger partial charge in [-0.25, -0.2) is 4.98 Å². The third kappa shape index (κ3) is 4.23. The molecule has 0 spiro atoms. The molecule has 26 heavy (non-hydrogen) atoms. The Morgan fingerprint density at radius 1 is 1.31 bits per heavy atom. The van der Waals surface area contributed by atoms with E-state index >= 15 is 0 Å². The summed E-state index contributed by atoms with van der Waals surface area (Å²) in [7, 11) is 0. The van der Waals surface area contributed by atoms with Crippen LogP contribution >= 0.6 is 11.3 Å². The van der Waals surface area contributed by atoms with Gasteiger partial charge in [-0.05, 0) is 43.7 Å². The fourth-order valence-corrected chi connectivity index (χ4v) is 2.97. The monoisotopic (exact) mass is 378 g/mol. The average molecular weight is 378 g/mol. The van der Waals surface area contributed by atoms with Gasteiger partial charge >= 0.3 is 6.61 Å². The molecule has 3 aromatic rings. The first kappa shape index (κ1) is 18.0. The Labute approximate surface area is 152 Å². The lowest BCUT2D eigenvalue weighted by Gasteiger charge is -2.10. The van der Waals surface area contributed by atoms with E-state index < -0.39 is 12.7 Å². The van der Waals surface area contributed by atoms with E-state index in [1.54, 1.807) is 41.5 Å². The number of carbonyl (C=O) groups is 1. The molecule has 0 saturated heterocycles. The predicted molar refractivity (Wildman–Crippen MR) is 94.5 cm³/mol. The van der Waals surface area contributed by atoms with Crippen LogP contribution < -0.4 is 10.1 Å². The molecule has 1 amide bonds. The topological polar surface area (TPSA) is 69.0 Å². The maximum absolute atomic E-state index is 12.3. The zero-order chi connectivity index (χ0) is 18.7. The molecule has 0 aliphatic rings. The second kappa shape index (κ2) is 7.61. The maximum atomic E-state index is 12.3. The number of alkyl halides is 2. The van der Waals surface area contributed by atoms with Crippen LogP contribution in [0.3, 0.4) is 0 Å². The molecule has 9 heteroatoms.